The summed E-state index contributed by atoms with van der Waals surface area (Å²) >= 11 is 0. The summed E-state index contributed by atoms with van der Waals surface area (Å²) in [6, 6.07) is 3.56. The summed E-state index contributed by atoms with van der Waals surface area (Å²) in [5, 5.41) is 19.4. The van der Waals surface area contributed by atoms with E-state index in [2.05, 4.69) is 17.7 Å². The first-order chi connectivity index (χ1) is 10.1. The predicted molar refractivity (Wildman–Crippen MR) is 84.0 cm³/mol. The first kappa shape index (κ1) is 15.6. The molecule has 0 aliphatic heterocycles. The summed E-state index contributed by atoms with van der Waals surface area (Å²) in [5.41, 5.74) is 3.74. The zero-order valence-corrected chi connectivity index (χ0v) is 12.7. The highest BCUT2D eigenvalue weighted by Gasteiger charge is 2.15. The van der Waals surface area contributed by atoms with E-state index in [1.165, 1.54) is 5.56 Å². The van der Waals surface area contributed by atoms with E-state index < -0.39 is 5.97 Å². The molecule has 0 aliphatic carbocycles. The van der Waals surface area contributed by atoms with Gasteiger partial charge in [0, 0.05) is 24.7 Å². The van der Waals surface area contributed by atoms with Crippen LogP contribution in [0.5, 0.6) is 0 Å². The molecule has 1 heterocycles. The van der Waals surface area contributed by atoms with Gasteiger partial charge in [0.15, 0.2) is 0 Å². The van der Waals surface area contributed by atoms with Crippen LogP contribution in [0.1, 0.15) is 48.2 Å². The summed E-state index contributed by atoms with van der Waals surface area (Å²) in [4.78, 5) is 11.3. The molecule has 0 radical (unpaired) electrons. The Morgan fingerprint density at radius 1 is 1.24 bits per heavy atom. The van der Waals surface area contributed by atoms with E-state index in [9.17, 15) is 9.90 Å². The number of aromatic carboxylic acids is 1. The van der Waals surface area contributed by atoms with Crippen molar-refractivity contribution in [1.29, 1.82) is 0 Å². The van der Waals surface area contributed by atoms with Crippen LogP contribution in [0, 0.1) is 0 Å². The van der Waals surface area contributed by atoms with Gasteiger partial charge < -0.3 is 14.8 Å². The average molecular weight is 289 g/mol. The third-order valence-electron chi connectivity index (χ3n) is 3.84. The Morgan fingerprint density at radius 3 is 2.57 bits per heavy atom. The van der Waals surface area contributed by atoms with Crippen LogP contribution in [0.4, 0.5) is 0 Å². The van der Waals surface area contributed by atoms with Gasteiger partial charge in [-0.15, -0.1) is 0 Å². The molecule has 4 heteroatoms. The van der Waals surface area contributed by atoms with Crippen LogP contribution in [0.25, 0.3) is 10.9 Å². The third-order valence-corrected chi connectivity index (χ3v) is 3.84. The van der Waals surface area contributed by atoms with E-state index in [0.717, 1.165) is 42.3 Å². The van der Waals surface area contributed by atoms with Crippen LogP contribution in [-0.4, -0.2) is 27.4 Å². The molecule has 0 spiro atoms. The number of carbonyl (C=O) groups is 1. The second-order valence-corrected chi connectivity index (χ2v) is 5.37. The van der Waals surface area contributed by atoms with E-state index in [1.54, 1.807) is 12.1 Å². The van der Waals surface area contributed by atoms with Crippen LogP contribution < -0.4 is 0 Å². The number of aryl methyl sites for hydroxylation is 3. The molecule has 21 heavy (non-hydrogen) atoms. The Labute approximate surface area is 125 Å². The van der Waals surface area contributed by atoms with Crippen LogP contribution in [0.15, 0.2) is 18.3 Å². The highest BCUT2D eigenvalue weighted by atomic mass is 16.4. The summed E-state index contributed by atoms with van der Waals surface area (Å²) in [5.74, 6) is -0.878. The van der Waals surface area contributed by atoms with Crippen molar-refractivity contribution in [3.63, 3.8) is 0 Å². The minimum absolute atomic E-state index is 0.164. The summed E-state index contributed by atoms with van der Waals surface area (Å²) in [6.45, 7) is 5.09. The van der Waals surface area contributed by atoms with Gasteiger partial charge in [-0.1, -0.05) is 20.3 Å². The standard InChI is InChI=1S/C17H23NO3/c1-3-6-13-11-18(7-5-8-19)16-12(4-2)9-14(17(20)21)10-15(13)16/h9-11,19H,3-8H2,1-2H3,(H,20,21). The Morgan fingerprint density at radius 2 is 2.00 bits per heavy atom. The fourth-order valence-electron chi connectivity index (χ4n) is 2.88. The Balaban J connectivity index is 2.67. The molecule has 0 aliphatic rings. The van der Waals surface area contributed by atoms with Gasteiger partial charge in [0.05, 0.1) is 11.1 Å². The molecule has 0 saturated carbocycles. The summed E-state index contributed by atoms with van der Waals surface area (Å²) < 4.78 is 2.17. The maximum atomic E-state index is 11.3. The van der Waals surface area contributed by atoms with Crippen molar-refractivity contribution >= 4 is 16.9 Å². The number of hydrogen-bond acceptors (Lipinski definition) is 2. The van der Waals surface area contributed by atoms with Crippen molar-refractivity contribution in [1.82, 2.24) is 4.57 Å². The van der Waals surface area contributed by atoms with E-state index in [-0.39, 0.29) is 6.61 Å². The molecule has 0 atom stereocenters. The summed E-state index contributed by atoms with van der Waals surface area (Å²) in [7, 11) is 0. The van der Waals surface area contributed by atoms with Crippen LogP contribution in [-0.2, 0) is 19.4 Å². The number of carboxylic acids is 1. The highest BCUT2D eigenvalue weighted by Crippen LogP contribution is 2.28. The number of aromatic nitrogens is 1. The molecule has 0 amide bonds. The average Bonchev–Trinajstić information content (AvgIpc) is 2.82. The Hall–Kier alpha value is -1.81. The van der Waals surface area contributed by atoms with Gasteiger partial charge in [0.2, 0.25) is 0 Å². The molecule has 2 rings (SSSR count). The third kappa shape index (κ3) is 3.10. The Bertz CT molecular complexity index is 643. The fourth-order valence-corrected chi connectivity index (χ4v) is 2.88. The van der Waals surface area contributed by atoms with Crippen molar-refractivity contribution < 1.29 is 15.0 Å². The maximum absolute atomic E-state index is 11.3. The van der Waals surface area contributed by atoms with Crippen LogP contribution in [0.2, 0.25) is 0 Å². The molecule has 1 aromatic carbocycles. The molecule has 1 aromatic heterocycles. The van der Waals surface area contributed by atoms with E-state index in [4.69, 9.17) is 5.11 Å². The molecular formula is C17H23NO3. The van der Waals surface area contributed by atoms with Gasteiger partial charge in [-0.25, -0.2) is 4.79 Å². The van der Waals surface area contributed by atoms with Gasteiger partial charge in [-0.2, -0.15) is 0 Å². The zero-order valence-electron chi connectivity index (χ0n) is 12.7. The van der Waals surface area contributed by atoms with Gasteiger partial charge in [-0.05, 0) is 42.5 Å². The molecule has 114 valence electrons. The Kier molecular flexibility index (Phi) is 5.02. The normalized spacial score (nSPS) is 11.2. The van der Waals surface area contributed by atoms with Crippen molar-refractivity contribution in [2.75, 3.05) is 6.61 Å². The van der Waals surface area contributed by atoms with Crippen molar-refractivity contribution in [3.8, 4) is 0 Å². The number of benzene rings is 1. The van der Waals surface area contributed by atoms with Gasteiger partial charge in [0.25, 0.3) is 0 Å². The second-order valence-electron chi connectivity index (χ2n) is 5.37. The summed E-state index contributed by atoms with van der Waals surface area (Å²) in [6.07, 6.45) is 5.59. The number of nitrogens with zero attached hydrogens (tertiary/aromatic N) is 1. The van der Waals surface area contributed by atoms with Crippen LogP contribution in [0.3, 0.4) is 0 Å². The predicted octanol–water partition coefficient (Wildman–Crippen LogP) is 3.24. The van der Waals surface area contributed by atoms with E-state index in [1.807, 2.05) is 6.92 Å². The van der Waals surface area contributed by atoms with Crippen molar-refractivity contribution in [2.45, 2.75) is 46.1 Å². The van der Waals surface area contributed by atoms with Gasteiger partial charge in [-0.3, -0.25) is 0 Å². The number of rotatable bonds is 7. The number of aliphatic hydroxyl groups is 1. The molecule has 2 aromatic rings. The number of hydrogen-bond donors (Lipinski definition) is 2. The molecule has 0 bridgehead atoms. The molecule has 4 nitrogen and oxygen atoms in total. The number of carboxylic acid groups (broad SMARTS) is 1. The lowest BCUT2D eigenvalue weighted by Crippen LogP contribution is -2.02. The quantitative estimate of drug-likeness (QED) is 0.822. The lowest BCUT2D eigenvalue weighted by Gasteiger charge is -2.09. The first-order valence-corrected chi connectivity index (χ1v) is 7.61. The molecular weight excluding hydrogens is 266 g/mol. The second kappa shape index (κ2) is 6.76. The highest BCUT2D eigenvalue weighted by molar-refractivity contribution is 5.96. The zero-order chi connectivity index (χ0) is 15.4. The SMILES string of the molecule is CCCc1cn(CCCO)c2c(CC)cc(C(=O)O)cc12. The topological polar surface area (TPSA) is 62.5 Å². The van der Waals surface area contributed by atoms with E-state index >= 15 is 0 Å². The monoisotopic (exact) mass is 289 g/mol. The molecule has 2 N–H and O–H groups in total. The lowest BCUT2D eigenvalue weighted by atomic mass is 10.0. The van der Waals surface area contributed by atoms with Gasteiger partial charge >= 0.3 is 5.97 Å². The maximum Gasteiger partial charge on any atom is 0.335 e. The first-order valence-electron chi connectivity index (χ1n) is 7.61. The number of fused-ring (bicyclic) bond motifs is 1. The molecule has 0 fully saturated rings. The van der Waals surface area contributed by atoms with Crippen LogP contribution >= 0.6 is 0 Å². The minimum Gasteiger partial charge on any atom is -0.478 e. The lowest BCUT2D eigenvalue weighted by molar-refractivity contribution is 0.0697. The van der Waals surface area contributed by atoms with E-state index in [0.29, 0.717) is 12.0 Å². The fraction of sp³-hybridized carbons (Fsp3) is 0.471. The molecule has 0 saturated heterocycles. The molecule has 0 unspecified atom stereocenters. The van der Waals surface area contributed by atoms with Crippen molar-refractivity contribution in [2.24, 2.45) is 0 Å². The van der Waals surface area contributed by atoms with Crippen molar-refractivity contribution in [3.05, 3.63) is 35.0 Å². The minimum atomic E-state index is -0.878. The largest absolute Gasteiger partial charge is 0.478 e. The smallest absolute Gasteiger partial charge is 0.335 e. The number of aliphatic hydroxyl groups excluding tert-OH is 1. The van der Waals surface area contributed by atoms with Gasteiger partial charge in [0.1, 0.15) is 0 Å².